The molecule has 1 N–H and O–H groups in total. The lowest BCUT2D eigenvalue weighted by Gasteiger charge is -2.21. The van der Waals surface area contributed by atoms with Crippen molar-refractivity contribution >= 4 is 115 Å². The van der Waals surface area contributed by atoms with Gasteiger partial charge in [-0.05, 0) is 208 Å². The number of carbonyl (C=O) groups is 16. The maximum atomic E-state index is 14.4. The van der Waals surface area contributed by atoms with Gasteiger partial charge in [0.25, 0.3) is 0 Å². The molecule has 0 fully saturated rings. The first-order valence-electron chi connectivity index (χ1n) is 41.6. The molecule has 0 saturated carbocycles. The molecule has 3 aliphatic heterocycles. The second-order valence-corrected chi connectivity index (χ2v) is 34.5. The van der Waals surface area contributed by atoms with Crippen molar-refractivity contribution in [3.05, 3.63) is 78.5 Å². The number of fused-ring (bicyclic) bond motifs is 6. The molecule has 19 heteroatoms. The highest BCUT2D eigenvalue weighted by atomic mass is 16.2. The van der Waals surface area contributed by atoms with Gasteiger partial charge >= 0.3 is 0 Å². The Labute approximate surface area is 672 Å². The summed E-state index contributed by atoms with van der Waals surface area (Å²) in [6.45, 7) is 41.2. The van der Waals surface area contributed by atoms with Crippen LogP contribution in [-0.2, 0) is 76.7 Å². The van der Waals surface area contributed by atoms with E-state index in [9.17, 15) is 76.7 Å². The van der Waals surface area contributed by atoms with E-state index >= 15 is 0 Å². The fraction of sp³-hybridized carbons (Fsp3) is 0.638. The van der Waals surface area contributed by atoms with E-state index < -0.39 is 101 Å². The standard InChI is InChI=1S/C94H131N3O16/c1-23-25-49(3)35-78(106)36-50(4)34-51(5)85(110)48-86(111)52(6)37-71(68(22)101)42-76(104)30-32-82(107)69(24-2)41-75(103)31-33-83(108)73(40-56(10)100)45-84(109)53(7)38-87(112)70(27-26-54(8)98)44-88(113)72(39-55(9)99)43-74(102)28-29-77(105)46-81-65(19)93-64(18)80-47-79(57(11)58(80)12)63(17)89-59(13)60(14)90(95-89)66(20)91-61(15)62(16)92(96-91)67(21)94(81)97-93/h49-53,65,69-73,81,95H,23-48H2,1-22H3. The molecule has 113 heavy (non-hydrogen) atoms. The number of allylic oxidation sites excluding steroid dienone is 11. The number of ketones is 16. The summed E-state index contributed by atoms with van der Waals surface area (Å²) in [5.41, 5.74) is 19.0. The molecule has 0 amide bonds. The van der Waals surface area contributed by atoms with Crippen LogP contribution in [0.3, 0.4) is 0 Å². The molecule has 1 aromatic rings. The number of hydrogen-bond acceptors (Lipinski definition) is 18. The number of Topliss-reactive ketones (excluding diaryl/α,β-unsaturated/α-hetero) is 16. The lowest BCUT2D eigenvalue weighted by molar-refractivity contribution is -0.136. The third kappa shape index (κ3) is 26.7. The highest BCUT2D eigenvalue weighted by Crippen LogP contribution is 2.47. The topological polar surface area (TPSA) is 314 Å². The van der Waals surface area contributed by atoms with E-state index in [2.05, 4.69) is 88.1 Å². The summed E-state index contributed by atoms with van der Waals surface area (Å²) in [5.74, 6) is -13.0. The van der Waals surface area contributed by atoms with Gasteiger partial charge in [0.2, 0.25) is 0 Å². The number of aromatic amines is 1. The summed E-state index contributed by atoms with van der Waals surface area (Å²) in [7, 11) is 0. The molecule has 1 aromatic heterocycles. The van der Waals surface area contributed by atoms with Crippen molar-refractivity contribution in [2.45, 2.75) is 319 Å². The minimum atomic E-state index is -1.14. The first kappa shape index (κ1) is 95.4. The molecule has 5 rings (SSSR count). The molecule has 618 valence electrons. The number of aromatic nitrogens is 1. The predicted molar refractivity (Wildman–Crippen MR) is 443 cm³/mol. The van der Waals surface area contributed by atoms with Crippen molar-refractivity contribution in [3.63, 3.8) is 0 Å². The molecule has 8 bridgehead atoms. The Kier molecular flexibility index (Phi) is 36.7. The summed E-state index contributed by atoms with van der Waals surface area (Å²) in [6.07, 6.45) is -0.125. The number of nitrogens with zero attached hydrogens (tertiary/aromatic N) is 2. The lowest BCUT2D eigenvalue weighted by atomic mass is 9.80. The SMILES string of the molecule is CCCC(C)CC(=O)CC(C)CC(C)C(=O)CC(=O)C(C)CC(CC(=O)CCC(=O)C(CC)CC(=O)CCC(=O)C(CC(C)=O)CC(=O)C(C)CC(=O)C(CCC(C)=O)CC(=O)C(CC(C)=O)CC(=O)CCC(=O)CC1C2=C(C)C3=NC(=C(C)c4[nH]c(c(C)c4C)C(C)=C4CC(=C(C)C(=N2)C1C)C(C)=C4C)C(C)=C3C)C(C)=O. The van der Waals surface area contributed by atoms with E-state index in [0.717, 1.165) is 81.3 Å². The second kappa shape index (κ2) is 43.5. The monoisotopic (exact) mass is 1560 g/mol. The number of H-pyrrole nitrogens is 1. The van der Waals surface area contributed by atoms with Crippen LogP contribution in [-0.4, -0.2) is 109 Å². The van der Waals surface area contributed by atoms with Gasteiger partial charge in [-0.3, -0.25) is 67.3 Å². The molecular weight excluding hydrogens is 1430 g/mol. The Morgan fingerprint density at radius 1 is 0.389 bits per heavy atom. The lowest BCUT2D eigenvalue weighted by Crippen LogP contribution is -2.29. The van der Waals surface area contributed by atoms with Gasteiger partial charge < -0.3 is 19.4 Å². The third-order valence-corrected chi connectivity index (χ3v) is 25.0. The third-order valence-electron chi connectivity index (χ3n) is 25.0. The molecule has 19 nitrogen and oxygen atoms in total. The molecule has 0 spiro atoms. The number of nitrogens with one attached hydrogen (secondary N) is 1. The van der Waals surface area contributed by atoms with Gasteiger partial charge in [0.1, 0.15) is 92.5 Å². The first-order chi connectivity index (χ1) is 52.8. The molecule has 4 heterocycles. The fourth-order valence-electron chi connectivity index (χ4n) is 17.3. The molecule has 4 aliphatic rings. The minimum absolute atomic E-state index is 0.0283. The summed E-state index contributed by atoms with van der Waals surface area (Å²) in [4.78, 5) is 229. The molecule has 0 saturated heterocycles. The van der Waals surface area contributed by atoms with Gasteiger partial charge in [0, 0.05) is 198 Å². The minimum Gasteiger partial charge on any atom is -0.355 e. The van der Waals surface area contributed by atoms with E-state index in [1.54, 1.807) is 20.8 Å². The van der Waals surface area contributed by atoms with Crippen molar-refractivity contribution in [1.82, 2.24) is 4.98 Å². The Hall–Kier alpha value is -8.22. The van der Waals surface area contributed by atoms with E-state index in [1.165, 1.54) is 73.6 Å². The van der Waals surface area contributed by atoms with Crippen LogP contribution in [0.15, 0.2) is 66.0 Å². The summed E-state index contributed by atoms with van der Waals surface area (Å²) >= 11 is 0. The number of rotatable bonds is 51. The van der Waals surface area contributed by atoms with E-state index in [-0.39, 0.29) is 185 Å². The maximum Gasteiger partial charge on any atom is 0.143 e. The average molecular weight is 1560 g/mol. The van der Waals surface area contributed by atoms with Gasteiger partial charge in [-0.15, -0.1) is 0 Å². The van der Waals surface area contributed by atoms with Crippen LogP contribution < -0.4 is 0 Å². The zero-order chi connectivity index (χ0) is 85.1. The van der Waals surface area contributed by atoms with Crippen LogP contribution >= 0.6 is 0 Å². The van der Waals surface area contributed by atoms with Crippen LogP contribution in [0.2, 0.25) is 0 Å². The summed E-state index contributed by atoms with van der Waals surface area (Å²) in [6, 6.07) is 0. The average Bonchev–Trinajstić information content (AvgIpc) is 1.60. The van der Waals surface area contributed by atoms with E-state index in [0.29, 0.717) is 25.2 Å². The molecular formula is C94H131N3O16. The zero-order valence-electron chi connectivity index (χ0n) is 72.2. The smallest absolute Gasteiger partial charge is 0.143 e. The van der Waals surface area contributed by atoms with Crippen LogP contribution in [0.1, 0.15) is 328 Å². The van der Waals surface area contributed by atoms with Crippen molar-refractivity contribution in [3.8, 4) is 0 Å². The second-order valence-electron chi connectivity index (χ2n) is 34.5. The van der Waals surface area contributed by atoms with Crippen LogP contribution in [0.4, 0.5) is 0 Å². The zero-order valence-corrected chi connectivity index (χ0v) is 72.2. The van der Waals surface area contributed by atoms with Crippen molar-refractivity contribution in [1.29, 1.82) is 0 Å². The molecule has 0 radical (unpaired) electrons. The van der Waals surface area contributed by atoms with Crippen LogP contribution in [0.5, 0.6) is 0 Å². The molecule has 0 aromatic carbocycles. The summed E-state index contributed by atoms with van der Waals surface area (Å²) in [5, 5.41) is 0. The number of hydrogen-bond donors (Lipinski definition) is 1. The first-order valence-corrected chi connectivity index (χ1v) is 41.6. The Bertz CT molecular complexity index is 4210. The highest BCUT2D eigenvalue weighted by Gasteiger charge is 2.41. The maximum absolute atomic E-state index is 14.4. The van der Waals surface area contributed by atoms with Gasteiger partial charge in [-0.1, -0.05) is 68.2 Å². The predicted octanol–water partition coefficient (Wildman–Crippen LogP) is 18.2. The Morgan fingerprint density at radius 3 is 1.41 bits per heavy atom. The summed E-state index contributed by atoms with van der Waals surface area (Å²) < 4.78 is 0. The number of carbonyl (C=O) groups excluding carboxylic acids is 16. The highest BCUT2D eigenvalue weighted by molar-refractivity contribution is 6.17. The molecule has 12 atom stereocenters. The normalized spacial score (nSPS) is 18.4. The van der Waals surface area contributed by atoms with Gasteiger partial charge in [-0.25, -0.2) is 4.99 Å². The Morgan fingerprint density at radius 2 is 0.867 bits per heavy atom. The van der Waals surface area contributed by atoms with Crippen molar-refractivity contribution in [2.75, 3.05) is 0 Å². The van der Waals surface area contributed by atoms with Gasteiger partial charge in [0.15, 0.2) is 0 Å². The largest absolute Gasteiger partial charge is 0.355 e. The van der Waals surface area contributed by atoms with Crippen molar-refractivity contribution < 1.29 is 76.7 Å². The number of aliphatic imine (C=N–C) groups is 2. The van der Waals surface area contributed by atoms with Crippen molar-refractivity contribution in [2.24, 2.45) is 81.0 Å². The fourth-order valence-corrected chi connectivity index (χ4v) is 17.3. The molecule has 1 aliphatic carbocycles. The van der Waals surface area contributed by atoms with Gasteiger partial charge in [-0.2, -0.15) is 0 Å². The van der Waals surface area contributed by atoms with Gasteiger partial charge in [0.05, 0.1) is 17.8 Å². The van der Waals surface area contributed by atoms with Crippen LogP contribution in [0, 0.1) is 84.9 Å². The quantitative estimate of drug-likeness (QED) is 0.0592. The van der Waals surface area contributed by atoms with E-state index in [1.807, 2.05) is 13.8 Å². The molecule has 12 unspecified atom stereocenters. The van der Waals surface area contributed by atoms with E-state index in [4.69, 9.17) is 9.98 Å². The van der Waals surface area contributed by atoms with Crippen LogP contribution in [0.25, 0.3) is 11.1 Å². The Balaban J connectivity index is 1.16.